The summed E-state index contributed by atoms with van der Waals surface area (Å²) < 4.78 is 27.4. The number of aliphatic hydroxyl groups excluding tert-OH is 1. The molecule has 0 amide bonds. The van der Waals surface area contributed by atoms with Gasteiger partial charge in [0.25, 0.3) is 0 Å². The lowest BCUT2D eigenvalue weighted by atomic mass is 10.1. The van der Waals surface area contributed by atoms with E-state index in [1.807, 2.05) is 60.7 Å². The van der Waals surface area contributed by atoms with Crippen LogP contribution < -0.4 is 0 Å². The summed E-state index contributed by atoms with van der Waals surface area (Å²) >= 11 is 0. The summed E-state index contributed by atoms with van der Waals surface area (Å²) in [5.74, 6) is -0.349. The Balaban J connectivity index is 0.000000202. The largest absolute Gasteiger partial charge is 0.467 e. The van der Waals surface area contributed by atoms with Crippen molar-refractivity contribution in [3.63, 3.8) is 0 Å². The molecule has 2 fully saturated rings. The summed E-state index contributed by atoms with van der Waals surface area (Å²) in [6.45, 7) is 1.51. The first-order valence-corrected chi connectivity index (χ1v) is 13.0. The van der Waals surface area contributed by atoms with Gasteiger partial charge in [-0.15, -0.1) is 0 Å². The summed E-state index contributed by atoms with van der Waals surface area (Å²) in [4.78, 5) is 11.8. The number of benzene rings is 2. The van der Waals surface area contributed by atoms with Crippen LogP contribution >= 0.6 is 0 Å². The molecule has 7 nitrogen and oxygen atoms in total. The van der Waals surface area contributed by atoms with E-state index in [0.29, 0.717) is 13.0 Å². The van der Waals surface area contributed by atoms with Crippen molar-refractivity contribution >= 4 is 5.97 Å². The van der Waals surface area contributed by atoms with E-state index in [9.17, 15) is 9.90 Å². The average molecular weight is 501 g/mol. The lowest BCUT2D eigenvalue weighted by Gasteiger charge is -2.27. The second kappa shape index (κ2) is 16.5. The Morgan fingerprint density at radius 2 is 1.36 bits per heavy atom. The van der Waals surface area contributed by atoms with E-state index >= 15 is 0 Å². The number of methoxy groups -OCH3 is 1. The molecule has 2 aromatic carbocycles. The van der Waals surface area contributed by atoms with Crippen molar-refractivity contribution in [1.29, 1.82) is 0 Å². The minimum absolute atomic E-state index is 0.0365. The number of esters is 1. The number of rotatable bonds is 10. The van der Waals surface area contributed by atoms with Crippen LogP contribution in [0.4, 0.5) is 0 Å². The summed E-state index contributed by atoms with van der Waals surface area (Å²) in [6.07, 6.45) is 6.21. The van der Waals surface area contributed by atoms with Gasteiger partial charge in [0.1, 0.15) is 0 Å². The van der Waals surface area contributed by atoms with E-state index in [1.54, 1.807) is 0 Å². The summed E-state index contributed by atoms with van der Waals surface area (Å²) in [5.41, 5.74) is 2.23. The van der Waals surface area contributed by atoms with Crippen molar-refractivity contribution < 1.29 is 33.6 Å². The number of hydrogen-bond donors (Lipinski definition) is 1. The van der Waals surface area contributed by atoms with E-state index in [0.717, 1.165) is 57.1 Å². The number of carbonyl (C=O) groups is 1. The fraction of sp³-hybridized carbons (Fsp3) is 0.552. The van der Waals surface area contributed by atoms with Gasteiger partial charge in [0, 0.05) is 26.1 Å². The van der Waals surface area contributed by atoms with Crippen molar-refractivity contribution in [1.82, 2.24) is 0 Å². The normalized spacial score (nSPS) is 21.5. The Morgan fingerprint density at radius 1 is 0.833 bits per heavy atom. The molecule has 0 aliphatic carbocycles. The van der Waals surface area contributed by atoms with Crippen molar-refractivity contribution in [3.05, 3.63) is 71.8 Å². The van der Waals surface area contributed by atoms with E-state index in [4.69, 9.17) is 23.7 Å². The fourth-order valence-corrected chi connectivity index (χ4v) is 4.21. The molecule has 0 spiro atoms. The first-order valence-electron chi connectivity index (χ1n) is 13.0. The Hall–Kier alpha value is -2.29. The van der Waals surface area contributed by atoms with E-state index < -0.39 is 6.10 Å². The molecule has 2 saturated heterocycles. The van der Waals surface area contributed by atoms with E-state index in [1.165, 1.54) is 12.7 Å². The Kier molecular flexibility index (Phi) is 12.9. The van der Waals surface area contributed by atoms with Gasteiger partial charge in [0.05, 0.1) is 19.8 Å². The molecule has 0 radical (unpaired) electrons. The number of ether oxygens (including phenoxy) is 5. The maximum atomic E-state index is 11.8. The zero-order valence-corrected chi connectivity index (χ0v) is 21.3. The van der Waals surface area contributed by atoms with Crippen molar-refractivity contribution in [3.8, 4) is 0 Å². The summed E-state index contributed by atoms with van der Waals surface area (Å²) in [6, 6.07) is 19.9. The first-order chi connectivity index (χ1) is 17.7. The maximum Gasteiger partial charge on any atom is 0.335 e. The third-order valence-electron chi connectivity index (χ3n) is 6.17. The SMILES string of the molecule is COC(=O)[C@H](Cc1ccccc1)OC1CCCCO1.OC[C@H](Cc1ccccc1)OC1CCCCO1. The Bertz CT molecular complexity index is 833. The van der Waals surface area contributed by atoms with Gasteiger partial charge in [-0.1, -0.05) is 60.7 Å². The molecule has 2 aliphatic rings. The lowest BCUT2D eigenvalue weighted by Crippen LogP contribution is -2.35. The highest BCUT2D eigenvalue weighted by Gasteiger charge is 2.26. The molecule has 4 rings (SSSR count). The fourth-order valence-electron chi connectivity index (χ4n) is 4.21. The molecule has 2 aliphatic heterocycles. The molecule has 2 aromatic rings. The molecule has 0 aromatic heterocycles. The maximum absolute atomic E-state index is 11.8. The molecule has 1 N–H and O–H groups in total. The zero-order valence-electron chi connectivity index (χ0n) is 21.3. The van der Waals surface area contributed by atoms with Gasteiger partial charge in [0.2, 0.25) is 0 Å². The van der Waals surface area contributed by atoms with Crippen LogP contribution in [0.3, 0.4) is 0 Å². The second-order valence-corrected chi connectivity index (χ2v) is 9.06. The second-order valence-electron chi connectivity index (χ2n) is 9.06. The monoisotopic (exact) mass is 500 g/mol. The van der Waals surface area contributed by atoms with Crippen LogP contribution in [0.15, 0.2) is 60.7 Å². The van der Waals surface area contributed by atoms with Gasteiger partial charge in [-0.3, -0.25) is 0 Å². The van der Waals surface area contributed by atoms with Crippen LogP contribution in [0.2, 0.25) is 0 Å². The Labute approximate surface area is 214 Å². The molecule has 7 heteroatoms. The molecule has 0 saturated carbocycles. The summed E-state index contributed by atoms with van der Waals surface area (Å²) in [5, 5.41) is 9.34. The van der Waals surface area contributed by atoms with Crippen LogP contribution in [-0.2, 0) is 41.3 Å². The van der Waals surface area contributed by atoms with Crippen molar-refractivity contribution in [2.45, 2.75) is 76.2 Å². The standard InChI is InChI=1S/C15H20O4.C14H20O3/c1-17-15(16)13(11-12-7-3-2-4-8-12)19-14-9-5-6-10-18-14;15-11-13(10-12-6-2-1-3-7-12)17-14-8-4-5-9-16-14/h2-4,7-8,13-14H,5-6,9-11H2,1H3;1-3,6-7,13-15H,4-5,8-11H2/t2*13-,14?/m00/s1. The van der Waals surface area contributed by atoms with Gasteiger partial charge in [0.15, 0.2) is 18.7 Å². The van der Waals surface area contributed by atoms with Gasteiger partial charge in [-0.2, -0.15) is 0 Å². The average Bonchev–Trinajstić information content (AvgIpc) is 2.94. The van der Waals surface area contributed by atoms with E-state index in [2.05, 4.69) is 0 Å². The molecule has 0 bridgehead atoms. The van der Waals surface area contributed by atoms with Crippen molar-refractivity contribution in [2.24, 2.45) is 0 Å². The molecular weight excluding hydrogens is 460 g/mol. The minimum Gasteiger partial charge on any atom is -0.467 e. The predicted molar refractivity (Wildman–Crippen MR) is 136 cm³/mol. The van der Waals surface area contributed by atoms with Gasteiger partial charge in [-0.05, 0) is 49.7 Å². The first kappa shape index (κ1) is 28.3. The molecule has 2 unspecified atom stereocenters. The predicted octanol–water partition coefficient (Wildman–Crippen LogP) is 4.45. The van der Waals surface area contributed by atoms with Gasteiger partial charge >= 0.3 is 5.97 Å². The van der Waals surface area contributed by atoms with Crippen LogP contribution in [0.25, 0.3) is 0 Å². The lowest BCUT2D eigenvalue weighted by molar-refractivity contribution is -0.202. The molecule has 198 valence electrons. The van der Waals surface area contributed by atoms with Crippen LogP contribution in [0.1, 0.15) is 49.7 Å². The molecule has 2 heterocycles. The highest BCUT2D eigenvalue weighted by molar-refractivity contribution is 5.75. The highest BCUT2D eigenvalue weighted by atomic mass is 16.7. The quantitative estimate of drug-likeness (QED) is 0.483. The van der Waals surface area contributed by atoms with Gasteiger partial charge in [-0.25, -0.2) is 4.79 Å². The number of aliphatic hydroxyl groups is 1. The minimum atomic E-state index is -0.601. The third-order valence-corrected chi connectivity index (χ3v) is 6.17. The summed E-state index contributed by atoms with van der Waals surface area (Å²) in [7, 11) is 1.38. The Morgan fingerprint density at radius 3 is 1.83 bits per heavy atom. The topological polar surface area (TPSA) is 83.5 Å². The van der Waals surface area contributed by atoms with Crippen LogP contribution in [0.5, 0.6) is 0 Å². The molecule has 36 heavy (non-hydrogen) atoms. The molecule has 4 atom stereocenters. The van der Waals surface area contributed by atoms with Crippen molar-refractivity contribution in [2.75, 3.05) is 26.9 Å². The number of hydrogen-bond acceptors (Lipinski definition) is 7. The van der Waals surface area contributed by atoms with Gasteiger partial charge < -0.3 is 28.8 Å². The van der Waals surface area contributed by atoms with E-state index in [-0.39, 0.29) is 31.3 Å². The molecular formula is C29H40O7. The van der Waals surface area contributed by atoms with Crippen LogP contribution in [-0.4, -0.2) is 62.8 Å². The third kappa shape index (κ3) is 10.4. The van der Waals surface area contributed by atoms with Crippen LogP contribution in [0, 0.1) is 0 Å². The smallest absolute Gasteiger partial charge is 0.335 e. The number of carbonyl (C=O) groups excluding carboxylic acids is 1. The highest BCUT2D eigenvalue weighted by Crippen LogP contribution is 2.19. The zero-order chi connectivity index (χ0) is 25.4.